The van der Waals surface area contributed by atoms with E-state index in [-0.39, 0.29) is 5.54 Å². The summed E-state index contributed by atoms with van der Waals surface area (Å²) >= 11 is 0. The normalized spacial score (nSPS) is 15.9. The van der Waals surface area contributed by atoms with Crippen molar-refractivity contribution in [3.05, 3.63) is 35.7 Å². The van der Waals surface area contributed by atoms with Crippen LogP contribution in [0.1, 0.15) is 44.9 Å². The lowest BCUT2D eigenvalue weighted by atomic mass is 9.96. The maximum atomic E-state index is 4.85. The second kappa shape index (κ2) is 4.89. The van der Waals surface area contributed by atoms with Crippen LogP contribution in [-0.4, -0.2) is 15.5 Å². The van der Waals surface area contributed by atoms with Gasteiger partial charge in [-0.25, -0.2) is 4.98 Å². The van der Waals surface area contributed by atoms with Crippen LogP contribution in [0, 0.1) is 0 Å². The second-order valence-corrected chi connectivity index (χ2v) is 6.00. The summed E-state index contributed by atoms with van der Waals surface area (Å²) in [5, 5.41) is 4.72. The summed E-state index contributed by atoms with van der Waals surface area (Å²) in [7, 11) is 0. The van der Waals surface area contributed by atoms with Gasteiger partial charge < -0.3 is 5.32 Å². The van der Waals surface area contributed by atoms with Gasteiger partial charge in [0.25, 0.3) is 0 Å². The number of aromatic nitrogens is 2. The van der Waals surface area contributed by atoms with Gasteiger partial charge in [0.1, 0.15) is 5.82 Å². The van der Waals surface area contributed by atoms with Crippen molar-refractivity contribution in [2.24, 2.45) is 0 Å². The molecule has 0 amide bonds. The van der Waals surface area contributed by atoms with E-state index in [2.05, 4.69) is 49.3 Å². The molecular weight excluding hydrogens is 246 g/mol. The summed E-state index contributed by atoms with van der Waals surface area (Å²) in [5.41, 5.74) is 3.27. The van der Waals surface area contributed by atoms with E-state index < -0.39 is 0 Å². The molecule has 1 N–H and O–H groups in total. The van der Waals surface area contributed by atoms with Crippen molar-refractivity contribution in [2.45, 2.75) is 45.6 Å². The van der Waals surface area contributed by atoms with Crippen molar-refractivity contribution in [1.82, 2.24) is 9.97 Å². The summed E-state index contributed by atoms with van der Waals surface area (Å²) < 4.78 is 0. The number of nitrogens with zero attached hydrogens (tertiary/aromatic N) is 2. The first-order valence-electron chi connectivity index (χ1n) is 7.36. The molecule has 2 aromatic heterocycles. The van der Waals surface area contributed by atoms with Crippen LogP contribution < -0.4 is 5.32 Å². The highest BCUT2D eigenvalue weighted by atomic mass is 15.1. The van der Waals surface area contributed by atoms with Crippen LogP contribution in [0.5, 0.6) is 0 Å². The third kappa shape index (κ3) is 2.28. The van der Waals surface area contributed by atoms with E-state index in [4.69, 9.17) is 4.98 Å². The molecule has 0 aliphatic carbocycles. The molecule has 0 atom stereocenters. The minimum Gasteiger partial charge on any atom is -0.361 e. The highest BCUT2D eigenvalue weighted by Gasteiger charge is 2.23. The monoisotopic (exact) mass is 267 g/mol. The van der Waals surface area contributed by atoms with Crippen LogP contribution in [0.2, 0.25) is 0 Å². The Hall–Kier alpha value is -1.90. The second-order valence-electron chi connectivity index (χ2n) is 6.00. The Labute approximate surface area is 120 Å². The molecule has 0 bridgehead atoms. The minimum atomic E-state index is -0.0437. The molecule has 0 aromatic carbocycles. The van der Waals surface area contributed by atoms with Gasteiger partial charge in [0, 0.05) is 17.1 Å². The van der Waals surface area contributed by atoms with Crippen molar-refractivity contribution >= 4 is 22.8 Å². The van der Waals surface area contributed by atoms with Crippen LogP contribution in [-0.2, 0) is 6.42 Å². The summed E-state index contributed by atoms with van der Waals surface area (Å²) in [6, 6.07) is 4.14. The molecule has 104 valence electrons. The van der Waals surface area contributed by atoms with E-state index in [0.717, 1.165) is 35.4 Å². The smallest absolute Gasteiger partial charge is 0.134 e. The fourth-order valence-corrected chi connectivity index (χ4v) is 2.65. The van der Waals surface area contributed by atoms with Crippen LogP contribution in [0.25, 0.3) is 17.0 Å². The van der Waals surface area contributed by atoms with Crippen molar-refractivity contribution in [2.75, 3.05) is 5.32 Å². The SMILES string of the molecule is CCCCc1nc2c(c3cccnc13)C=CC(C)(C)N2. The summed E-state index contributed by atoms with van der Waals surface area (Å²) in [6.45, 7) is 6.53. The molecule has 3 heterocycles. The Morgan fingerprint density at radius 3 is 2.95 bits per heavy atom. The van der Waals surface area contributed by atoms with Crippen LogP contribution in [0.15, 0.2) is 24.4 Å². The molecule has 0 unspecified atom stereocenters. The number of fused-ring (bicyclic) bond motifs is 3. The molecule has 0 saturated heterocycles. The third-order valence-corrected chi connectivity index (χ3v) is 3.75. The number of hydrogen-bond acceptors (Lipinski definition) is 3. The van der Waals surface area contributed by atoms with Gasteiger partial charge in [0.15, 0.2) is 0 Å². The van der Waals surface area contributed by atoms with Gasteiger partial charge in [-0.2, -0.15) is 0 Å². The molecule has 20 heavy (non-hydrogen) atoms. The molecule has 1 aliphatic rings. The first-order chi connectivity index (χ1) is 9.61. The molecule has 3 heteroatoms. The van der Waals surface area contributed by atoms with Crippen LogP contribution >= 0.6 is 0 Å². The van der Waals surface area contributed by atoms with Crippen LogP contribution in [0.4, 0.5) is 5.82 Å². The average Bonchev–Trinajstić information content (AvgIpc) is 2.43. The van der Waals surface area contributed by atoms with Gasteiger partial charge in [-0.1, -0.05) is 31.6 Å². The lowest BCUT2D eigenvalue weighted by molar-refractivity contribution is 0.702. The molecule has 0 spiro atoms. The first kappa shape index (κ1) is 13.1. The number of rotatable bonds is 3. The Kier molecular flexibility index (Phi) is 3.20. The van der Waals surface area contributed by atoms with E-state index in [0.29, 0.717) is 0 Å². The third-order valence-electron chi connectivity index (χ3n) is 3.75. The first-order valence-corrected chi connectivity index (χ1v) is 7.36. The van der Waals surface area contributed by atoms with E-state index in [1.165, 1.54) is 11.8 Å². The van der Waals surface area contributed by atoms with Gasteiger partial charge >= 0.3 is 0 Å². The number of hydrogen-bond donors (Lipinski definition) is 1. The topological polar surface area (TPSA) is 37.8 Å². The van der Waals surface area contributed by atoms with Gasteiger partial charge in [0.2, 0.25) is 0 Å². The quantitative estimate of drug-likeness (QED) is 0.906. The zero-order valence-corrected chi connectivity index (χ0v) is 12.4. The maximum Gasteiger partial charge on any atom is 0.134 e. The largest absolute Gasteiger partial charge is 0.361 e. The number of pyridine rings is 2. The molecule has 3 nitrogen and oxygen atoms in total. The summed E-state index contributed by atoms with van der Waals surface area (Å²) in [4.78, 5) is 9.40. The van der Waals surface area contributed by atoms with Gasteiger partial charge in [-0.05, 0) is 32.8 Å². The summed E-state index contributed by atoms with van der Waals surface area (Å²) in [6.07, 6.45) is 9.53. The fourth-order valence-electron chi connectivity index (χ4n) is 2.65. The van der Waals surface area contributed by atoms with Crippen molar-refractivity contribution < 1.29 is 0 Å². The molecule has 0 radical (unpaired) electrons. The van der Waals surface area contributed by atoms with Gasteiger partial charge in [0.05, 0.1) is 16.7 Å². The average molecular weight is 267 g/mol. The predicted octanol–water partition coefficient (Wildman–Crippen LogP) is 4.19. The molecular formula is C17H21N3. The molecule has 1 aliphatic heterocycles. The highest BCUT2D eigenvalue weighted by Crippen LogP contribution is 2.33. The Morgan fingerprint density at radius 1 is 1.30 bits per heavy atom. The number of aryl methyl sites for hydroxylation is 1. The lowest BCUT2D eigenvalue weighted by Crippen LogP contribution is -2.31. The molecule has 2 aromatic rings. The van der Waals surface area contributed by atoms with E-state index in [1.54, 1.807) is 0 Å². The Bertz CT molecular complexity index is 671. The Morgan fingerprint density at radius 2 is 2.15 bits per heavy atom. The zero-order valence-electron chi connectivity index (χ0n) is 12.4. The van der Waals surface area contributed by atoms with Crippen molar-refractivity contribution in [3.63, 3.8) is 0 Å². The van der Waals surface area contributed by atoms with E-state index in [9.17, 15) is 0 Å². The van der Waals surface area contributed by atoms with Crippen molar-refractivity contribution in [1.29, 1.82) is 0 Å². The summed E-state index contributed by atoms with van der Waals surface area (Å²) in [5.74, 6) is 0.990. The van der Waals surface area contributed by atoms with Crippen LogP contribution in [0.3, 0.4) is 0 Å². The number of nitrogens with one attached hydrogen (secondary N) is 1. The lowest BCUT2D eigenvalue weighted by Gasteiger charge is -2.29. The number of anilines is 1. The maximum absolute atomic E-state index is 4.85. The standard InChI is InChI=1S/C17H21N3/c1-4-5-8-14-15-12(7-6-11-18-15)13-9-10-17(2,3)20-16(13)19-14/h6-7,9-11H,4-5,8H2,1-3H3,(H,19,20). The number of unbranched alkanes of at least 4 members (excludes halogenated alkanes) is 1. The fraction of sp³-hybridized carbons (Fsp3) is 0.412. The molecule has 3 rings (SSSR count). The van der Waals surface area contributed by atoms with E-state index >= 15 is 0 Å². The minimum absolute atomic E-state index is 0.0437. The van der Waals surface area contributed by atoms with Gasteiger partial charge in [-0.15, -0.1) is 0 Å². The highest BCUT2D eigenvalue weighted by molar-refractivity contribution is 5.94. The van der Waals surface area contributed by atoms with Crippen molar-refractivity contribution in [3.8, 4) is 0 Å². The Balaban J connectivity index is 2.19. The molecule has 0 fully saturated rings. The zero-order chi connectivity index (χ0) is 14.2. The van der Waals surface area contributed by atoms with E-state index in [1.807, 2.05) is 12.3 Å². The predicted molar refractivity (Wildman–Crippen MR) is 84.9 cm³/mol. The molecule has 0 saturated carbocycles. The van der Waals surface area contributed by atoms with Gasteiger partial charge in [-0.3, -0.25) is 4.98 Å².